The highest BCUT2D eigenvalue weighted by atomic mass is 35.5. The van der Waals surface area contributed by atoms with E-state index in [4.69, 9.17) is 16.3 Å². The Balaban J connectivity index is 1.93. The Kier molecular flexibility index (Phi) is 10.4. The standard InChI is InChI=1S/C24H32ClFN2O3/c1-16(2)23(22-12-9-18(25)14-28-22)27-13-5-4-6-20(24(29)30)21(15-31-3)17-7-10-19(26)11-8-17/h7-12,14,16,20-21,23,27H,4-6,13,15H2,1-3H3,(H,29,30)/t20?,21-,23+/m0/s1. The summed E-state index contributed by atoms with van der Waals surface area (Å²) >= 11 is 5.94. The lowest BCUT2D eigenvalue weighted by Gasteiger charge is -2.25. The van der Waals surface area contributed by atoms with Crippen molar-refractivity contribution in [1.29, 1.82) is 0 Å². The largest absolute Gasteiger partial charge is 0.481 e. The van der Waals surface area contributed by atoms with E-state index in [9.17, 15) is 14.3 Å². The molecule has 1 unspecified atom stereocenters. The van der Waals surface area contributed by atoms with Gasteiger partial charge in [-0.05, 0) is 55.1 Å². The fourth-order valence-corrected chi connectivity index (χ4v) is 3.94. The van der Waals surface area contributed by atoms with Crippen molar-refractivity contribution < 1.29 is 19.0 Å². The number of aromatic nitrogens is 1. The SMILES string of the molecule is COC[C@@H](c1ccc(F)cc1)C(CCCCN[C@@H](c1ccc(Cl)cn1)C(C)C)C(=O)O. The van der Waals surface area contributed by atoms with Gasteiger partial charge in [0.25, 0.3) is 0 Å². The number of ether oxygens (including phenoxy) is 1. The molecule has 0 aliphatic carbocycles. The van der Waals surface area contributed by atoms with Crippen LogP contribution in [0.15, 0.2) is 42.6 Å². The van der Waals surface area contributed by atoms with Gasteiger partial charge in [-0.15, -0.1) is 0 Å². The molecule has 0 radical (unpaired) electrons. The normalized spacial score (nSPS) is 14.4. The molecular formula is C24H32ClFN2O3. The number of hydrogen-bond donors (Lipinski definition) is 2. The number of nitrogens with one attached hydrogen (secondary N) is 1. The highest BCUT2D eigenvalue weighted by molar-refractivity contribution is 6.30. The Bertz CT molecular complexity index is 799. The van der Waals surface area contributed by atoms with Crippen molar-refractivity contribution in [3.63, 3.8) is 0 Å². The maximum Gasteiger partial charge on any atom is 0.307 e. The number of carboxylic acids is 1. The van der Waals surface area contributed by atoms with Crippen LogP contribution < -0.4 is 5.32 Å². The zero-order valence-corrected chi connectivity index (χ0v) is 19.1. The zero-order chi connectivity index (χ0) is 22.8. The van der Waals surface area contributed by atoms with Crippen LogP contribution in [0.1, 0.15) is 56.3 Å². The average molecular weight is 451 g/mol. The first-order valence-electron chi connectivity index (χ1n) is 10.7. The lowest BCUT2D eigenvalue weighted by molar-refractivity contribution is -0.143. The predicted molar refractivity (Wildman–Crippen MR) is 121 cm³/mol. The molecule has 1 aromatic carbocycles. The minimum Gasteiger partial charge on any atom is -0.481 e. The number of pyridine rings is 1. The number of carboxylic acid groups (broad SMARTS) is 1. The first-order valence-corrected chi connectivity index (χ1v) is 11.0. The second-order valence-electron chi connectivity index (χ2n) is 8.13. The Morgan fingerprint density at radius 3 is 2.45 bits per heavy atom. The Morgan fingerprint density at radius 1 is 1.19 bits per heavy atom. The number of halogens is 2. The number of hydrogen-bond acceptors (Lipinski definition) is 4. The molecule has 2 rings (SSSR count). The molecule has 0 aliphatic heterocycles. The van der Waals surface area contributed by atoms with E-state index >= 15 is 0 Å². The minimum atomic E-state index is -0.857. The van der Waals surface area contributed by atoms with Crippen LogP contribution in [0.4, 0.5) is 4.39 Å². The lowest BCUT2D eigenvalue weighted by Crippen LogP contribution is -2.28. The number of methoxy groups -OCH3 is 1. The minimum absolute atomic E-state index is 0.105. The van der Waals surface area contributed by atoms with E-state index in [-0.39, 0.29) is 24.4 Å². The van der Waals surface area contributed by atoms with Crippen LogP contribution in [0.5, 0.6) is 0 Å². The maximum atomic E-state index is 13.3. The van der Waals surface area contributed by atoms with Gasteiger partial charge in [0.05, 0.1) is 29.3 Å². The second kappa shape index (κ2) is 12.7. The molecule has 1 heterocycles. The molecule has 0 aliphatic rings. The maximum absolute atomic E-state index is 13.3. The summed E-state index contributed by atoms with van der Waals surface area (Å²) in [6.07, 6.45) is 3.76. The molecular weight excluding hydrogens is 419 g/mol. The summed E-state index contributed by atoms with van der Waals surface area (Å²) in [7, 11) is 1.55. The molecule has 2 N–H and O–H groups in total. The topological polar surface area (TPSA) is 71.5 Å². The molecule has 0 spiro atoms. The summed E-state index contributed by atoms with van der Waals surface area (Å²) in [6, 6.07) is 9.87. The average Bonchev–Trinajstić information content (AvgIpc) is 2.73. The zero-order valence-electron chi connectivity index (χ0n) is 18.4. The summed E-state index contributed by atoms with van der Waals surface area (Å²) in [6.45, 7) is 5.29. The van der Waals surface area contributed by atoms with E-state index in [1.807, 2.05) is 12.1 Å². The third-order valence-electron chi connectivity index (χ3n) is 5.49. The van der Waals surface area contributed by atoms with Crippen LogP contribution in [0, 0.1) is 17.7 Å². The molecule has 7 heteroatoms. The molecule has 2 aromatic rings. The van der Waals surface area contributed by atoms with Crippen LogP contribution in [-0.2, 0) is 9.53 Å². The van der Waals surface area contributed by atoms with Gasteiger partial charge in [-0.3, -0.25) is 9.78 Å². The number of unbranched alkanes of at least 4 members (excludes halogenated alkanes) is 1. The van der Waals surface area contributed by atoms with Crippen LogP contribution in [-0.4, -0.2) is 36.3 Å². The third kappa shape index (κ3) is 7.87. The molecule has 0 saturated heterocycles. The molecule has 0 saturated carbocycles. The molecule has 1 aromatic heterocycles. The first kappa shape index (κ1) is 25.2. The number of carbonyl (C=O) groups is 1. The van der Waals surface area contributed by atoms with Gasteiger partial charge < -0.3 is 15.2 Å². The smallest absolute Gasteiger partial charge is 0.307 e. The molecule has 31 heavy (non-hydrogen) atoms. The molecule has 170 valence electrons. The highest BCUT2D eigenvalue weighted by Gasteiger charge is 2.29. The molecule has 5 nitrogen and oxygen atoms in total. The molecule has 0 fully saturated rings. The van der Waals surface area contributed by atoms with Crippen molar-refractivity contribution >= 4 is 17.6 Å². The Labute approximate surface area is 189 Å². The summed E-state index contributed by atoms with van der Waals surface area (Å²) in [4.78, 5) is 16.4. The van der Waals surface area contributed by atoms with Crippen molar-refractivity contribution in [1.82, 2.24) is 10.3 Å². The van der Waals surface area contributed by atoms with Crippen molar-refractivity contribution in [2.75, 3.05) is 20.3 Å². The van der Waals surface area contributed by atoms with E-state index in [1.54, 1.807) is 25.4 Å². The summed E-state index contributed by atoms with van der Waals surface area (Å²) in [5, 5.41) is 14.0. The van der Waals surface area contributed by atoms with E-state index in [0.29, 0.717) is 17.4 Å². The van der Waals surface area contributed by atoms with Gasteiger partial charge in [0.15, 0.2) is 0 Å². The van der Waals surface area contributed by atoms with Crippen molar-refractivity contribution in [2.45, 2.75) is 45.1 Å². The highest BCUT2D eigenvalue weighted by Crippen LogP contribution is 2.30. The number of aliphatic carboxylic acids is 1. The van der Waals surface area contributed by atoms with Crippen molar-refractivity contribution in [2.24, 2.45) is 11.8 Å². The van der Waals surface area contributed by atoms with Gasteiger partial charge in [-0.1, -0.05) is 44.0 Å². The molecule has 0 bridgehead atoms. The van der Waals surface area contributed by atoms with E-state index in [1.165, 1.54) is 12.1 Å². The Morgan fingerprint density at radius 2 is 1.90 bits per heavy atom. The van der Waals surface area contributed by atoms with E-state index in [0.717, 1.165) is 30.6 Å². The van der Waals surface area contributed by atoms with Gasteiger partial charge in [0.1, 0.15) is 5.82 Å². The van der Waals surface area contributed by atoms with Gasteiger partial charge >= 0.3 is 5.97 Å². The second-order valence-corrected chi connectivity index (χ2v) is 8.57. The quantitative estimate of drug-likeness (QED) is 0.396. The number of rotatable bonds is 13. The Hall–Kier alpha value is -2.02. The fourth-order valence-electron chi connectivity index (χ4n) is 3.83. The van der Waals surface area contributed by atoms with Gasteiger partial charge in [0.2, 0.25) is 0 Å². The summed E-state index contributed by atoms with van der Waals surface area (Å²) < 4.78 is 18.6. The number of nitrogens with zero attached hydrogens (tertiary/aromatic N) is 1. The van der Waals surface area contributed by atoms with Crippen LogP contribution in [0.2, 0.25) is 5.02 Å². The number of benzene rings is 1. The van der Waals surface area contributed by atoms with Crippen LogP contribution in [0.3, 0.4) is 0 Å². The van der Waals surface area contributed by atoms with Crippen LogP contribution >= 0.6 is 11.6 Å². The molecule has 3 atom stereocenters. The monoisotopic (exact) mass is 450 g/mol. The van der Waals surface area contributed by atoms with Gasteiger partial charge in [-0.25, -0.2) is 4.39 Å². The third-order valence-corrected chi connectivity index (χ3v) is 5.71. The lowest BCUT2D eigenvalue weighted by atomic mass is 9.83. The van der Waals surface area contributed by atoms with Crippen molar-refractivity contribution in [3.05, 3.63) is 64.7 Å². The fraction of sp³-hybridized carbons (Fsp3) is 0.500. The van der Waals surface area contributed by atoms with Crippen LogP contribution in [0.25, 0.3) is 0 Å². The van der Waals surface area contributed by atoms with Gasteiger partial charge in [0, 0.05) is 19.2 Å². The summed E-state index contributed by atoms with van der Waals surface area (Å²) in [5.41, 5.74) is 1.72. The van der Waals surface area contributed by atoms with E-state index in [2.05, 4.69) is 24.1 Å². The predicted octanol–water partition coefficient (Wildman–Crippen LogP) is 5.46. The van der Waals surface area contributed by atoms with Gasteiger partial charge in [-0.2, -0.15) is 0 Å². The van der Waals surface area contributed by atoms with Crippen molar-refractivity contribution in [3.8, 4) is 0 Å². The summed E-state index contributed by atoms with van der Waals surface area (Å²) in [5.74, 6) is -1.76. The van der Waals surface area contributed by atoms with E-state index < -0.39 is 11.9 Å². The molecule has 0 amide bonds. The first-order chi connectivity index (χ1) is 14.8.